The Balaban J connectivity index is 1.98. The predicted molar refractivity (Wildman–Crippen MR) is 108 cm³/mol. The highest BCUT2D eigenvalue weighted by atomic mass is 16.5. The van der Waals surface area contributed by atoms with Crippen molar-refractivity contribution in [1.29, 1.82) is 0 Å². The zero-order valence-corrected chi connectivity index (χ0v) is 16.1. The van der Waals surface area contributed by atoms with Crippen LogP contribution in [0.1, 0.15) is 21.5 Å². The van der Waals surface area contributed by atoms with Crippen LogP contribution in [-0.2, 0) is 6.54 Å². The van der Waals surface area contributed by atoms with E-state index in [9.17, 15) is 4.79 Å². The molecule has 0 spiro atoms. The van der Waals surface area contributed by atoms with Crippen LogP contribution in [0.3, 0.4) is 0 Å². The zero-order chi connectivity index (χ0) is 18.9. The van der Waals surface area contributed by atoms with Crippen molar-refractivity contribution >= 4 is 11.9 Å². The number of hydrogen-bond donors (Lipinski definition) is 0. The fraction of sp³-hybridized carbons (Fsp3) is 0.318. The van der Waals surface area contributed by atoms with Crippen molar-refractivity contribution in [2.45, 2.75) is 6.54 Å². The van der Waals surface area contributed by atoms with Crippen LogP contribution in [0.25, 0.3) is 6.08 Å². The van der Waals surface area contributed by atoms with E-state index in [1.54, 1.807) is 37.5 Å². The molecule has 138 valence electrons. The highest BCUT2D eigenvalue weighted by Gasteiger charge is 2.03. The number of rotatable bonds is 9. The standard InChI is InChI=1S/C22H28N2O2/c1-23(2)14-15-24(3)17-19-7-5-6-18(16-19)8-13-22(25)20-9-11-21(26-4)12-10-20/h5-13,16H,14-15,17H2,1-4H3. The first-order valence-corrected chi connectivity index (χ1v) is 8.76. The van der Waals surface area contributed by atoms with Gasteiger partial charge in [-0.1, -0.05) is 30.3 Å². The molecule has 0 fully saturated rings. The van der Waals surface area contributed by atoms with Gasteiger partial charge in [-0.25, -0.2) is 0 Å². The lowest BCUT2D eigenvalue weighted by Crippen LogP contribution is -2.28. The molecule has 0 bridgehead atoms. The van der Waals surface area contributed by atoms with Gasteiger partial charge in [0.25, 0.3) is 0 Å². The van der Waals surface area contributed by atoms with Gasteiger partial charge in [-0.15, -0.1) is 0 Å². The van der Waals surface area contributed by atoms with E-state index in [4.69, 9.17) is 4.74 Å². The zero-order valence-electron chi connectivity index (χ0n) is 16.1. The summed E-state index contributed by atoms with van der Waals surface area (Å²) >= 11 is 0. The maximum atomic E-state index is 12.3. The molecule has 0 N–H and O–H groups in total. The molecule has 0 radical (unpaired) electrons. The number of ether oxygens (including phenoxy) is 1. The number of ketones is 1. The SMILES string of the molecule is COc1ccc(C(=O)C=Cc2cccc(CN(C)CCN(C)C)c2)cc1. The van der Waals surface area contributed by atoms with E-state index in [-0.39, 0.29) is 5.78 Å². The number of methoxy groups -OCH3 is 1. The van der Waals surface area contributed by atoms with Crippen LogP contribution in [0.15, 0.2) is 54.6 Å². The van der Waals surface area contributed by atoms with Crippen LogP contribution in [0.2, 0.25) is 0 Å². The maximum Gasteiger partial charge on any atom is 0.185 e. The molecule has 4 nitrogen and oxygen atoms in total. The molecule has 2 aromatic rings. The number of carbonyl (C=O) groups is 1. The maximum absolute atomic E-state index is 12.3. The minimum Gasteiger partial charge on any atom is -0.497 e. The average molecular weight is 352 g/mol. The Bertz CT molecular complexity index is 736. The minimum atomic E-state index is -0.0128. The highest BCUT2D eigenvalue weighted by molar-refractivity contribution is 6.06. The summed E-state index contributed by atoms with van der Waals surface area (Å²) in [6, 6.07) is 15.5. The molecule has 0 aliphatic heterocycles. The van der Waals surface area contributed by atoms with Crippen LogP contribution in [0.5, 0.6) is 5.75 Å². The molecule has 0 aromatic heterocycles. The van der Waals surface area contributed by atoms with Gasteiger partial charge in [0.15, 0.2) is 5.78 Å². The molecule has 0 saturated carbocycles. The topological polar surface area (TPSA) is 32.8 Å². The summed E-state index contributed by atoms with van der Waals surface area (Å²) in [6.45, 7) is 2.94. The van der Waals surface area contributed by atoms with Crippen LogP contribution in [0, 0.1) is 0 Å². The molecule has 0 heterocycles. The van der Waals surface area contributed by atoms with Crippen molar-refractivity contribution in [3.05, 3.63) is 71.3 Å². The quantitative estimate of drug-likeness (QED) is 0.510. The second kappa shape index (κ2) is 9.90. The summed E-state index contributed by atoms with van der Waals surface area (Å²) in [4.78, 5) is 16.8. The Kier molecular flexibility index (Phi) is 7.57. The molecule has 0 saturated heterocycles. The smallest absolute Gasteiger partial charge is 0.185 e. The number of allylic oxidation sites excluding steroid dienone is 1. The lowest BCUT2D eigenvalue weighted by molar-refractivity contribution is 0.104. The Morgan fingerprint density at radius 1 is 1.04 bits per heavy atom. The van der Waals surface area contributed by atoms with Crippen molar-refractivity contribution in [2.24, 2.45) is 0 Å². The van der Waals surface area contributed by atoms with Crippen molar-refractivity contribution in [1.82, 2.24) is 9.80 Å². The molecule has 26 heavy (non-hydrogen) atoms. The number of hydrogen-bond acceptors (Lipinski definition) is 4. The van der Waals surface area contributed by atoms with Gasteiger partial charge in [-0.2, -0.15) is 0 Å². The molecule has 0 atom stereocenters. The van der Waals surface area contributed by atoms with Crippen LogP contribution >= 0.6 is 0 Å². The summed E-state index contributed by atoms with van der Waals surface area (Å²) < 4.78 is 5.12. The normalized spacial score (nSPS) is 11.5. The van der Waals surface area contributed by atoms with E-state index >= 15 is 0 Å². The van der Waals surface area contributed by atoms with Crippen molar-refractivity contribution < 1.29 is 9.53 Å². The molecule has 2 rings (SSSR count). The van der Waals surface area contributed by atoms with Gasteiger partial charge in [0, 0.05) is 25.2 Å². The number of carbonyl (C=O) groups excluding carboxylic acids is 1. The number of likely N-dealkylation sites (N-methyl/N-ethyl adjacent to an activating group) is 2. The van der Waals surface area contributed by atoms with E-state index in [1.165, 1.54) is 5.56 Å². The largest absolute Gasteiger partial charge is 0.497 e. The molecule has 0 aliphatic rings. The minimum absolute atomic E-state index is 0.0128. The lowest BCUT2D eigenvalue weighted by atomic mass is 10.1. The van der Waals surface area contributed by atoms with Gasteiger partial charge in [0.05, 0.1) is 7.11 Å². The summed E-state index contributed by atoms with van der Waals surface area (Å²) in [7, 11) is 7.90. The molecular weight excluding hydrogens is 324 g/mol. The molecule has 4 heteroatoms. The van der Waals surface area contributed by atoms with Crippen LogP contribution < -0.4 is 4.74 Å². The van der Waals surface area contributed by atoms with Gasteiger partial charge in [0.2, 0.25) is 0 Å². The molecular formula is C22H28N2O2. The summed E-state index contributed by atoms with van der Waals surface area (Å²) in [5.74, 6) is 0.734. The van der Waals surface area contributed by atoms with Crippen molar-refractivity contribution in [2.75, 3.05) is 41.3 Å². The predicted octanol–water partition coefficient (Wildman–Crippen LogP) is 3.58. The molecule has 0 aliphatic carbocycles. The van der Waals surface area contributed by atoms with E-state index < -0.39 is 0 Å². The van der Waals surface area contributed by atoms with Gasteiger partial charge >= 0.3 is 0 Å². The van der Waals surface area contributed by atoms with E-state index in [1.807, 2.05) is 18.2 Å². The first kappa shape index (κ1) is 19.9. The van der Waals surface area contributed by atoms with E-state index in [2.05, 4.69) is 43.1 Å². The third kappa shape index (κ3) is 6.47. The van der Waals surface area contributed by atoms with Gasteiger partial charge in [-0.3, -0.25) is 4.79 Å². The van der Waals surface area contributed by atoms with Gasteiger partial charge in [0.1, 0.15) is 5.75 Å². The summed E-state index contributed by atoms with van der Waals surface area (Å²) in [6.07, 6.45) is 3.49. The second-order valence-corrected chi connectivity index (χ2v) is 6.71. The Hall–Kier alpha value is -2.43. The Morgan fingerprint density at radius 3 is 2.42 bits per heavy atom. The Morgan fingerprint density at radius 2 is 1.77 bits per heavy atom. The third-order valence-corrected chi connectivity index (χ3v) is 4.13. The van der Waals surface area contributed by atoms with E-state index in [0.717, 1.165) is 30.9 Å². The molecule has 2 aromatic carbocycles. The van der Waals surface area contributed by atoms with Crippen molar-refractivity contribution in [3.8, 4) is 5.75 Å². The highest BCUT2D eigenvalue weighted by Crippen LogP contribution is 2.13. The number of nitrogens with zero attached hydrogens (tertiary/aromatic N) is 2. The van der Waals surface area contributed by atoms with E-state index in [0.29, 0.717) is 5.56 Å². The first-order valence-electron chi connectivity index (χ1n) is 8.76. The van der Waals surface area contributed by atoms with Gasteiger partial charge < -0.3 is 14.5 Å². The third-order valence-electron chi connectivity index (χ3n) is 4.13. The first-order chi connectivity index (χ1) is 12.5. The lowest BCUT2D eigenvalue weighted by Gasteiger charge is -2.19. The molecule has 0 amide bonds. The average Bonchev–Trinajstić information content (AvgIpc) is 2.65. The second-order valence-electron chi connectivity index (χ2n) is 6.71. The molecule has 0 unspecified atom stereocenters. The number of benzene rings is 2. The fourth-order valence-corrected chi connectivity index (χ4v) is 2.58. The van der Waals surface area contributed by atoms with Crippen LogP contribution in [0.4, 0.5) is 0 Å². The van der Waals surface area contributed by atoms with Crippen LogP contribution in [-0.4, -0.2) is 56.9 Å². The fourth-order valence-electron chi connectivity index (χ4n) is 2.58. The van der Waals surface area contributed by atoms with Gasteiger partial charge in [-0.05, 0) is 62.6 Å². The Labute approximate surface area is 156 Å². The van der Waals surface area contributed by atoms with Crippen molar-refractivity contribution in [3.63, 3.8) is 0 Å². The monoisotopic (exact) mass is 352 g/mol. The summed E-state index contributed by atoms with van der Waals surface area (Å²) in [5.41, 5.74) is 2.93. The summed E-state index contributed by atoms with van der Waals surface area (Å²) in [5, 5.41) is 0.